The molecule has 0 radical (unpaired) electrons. The van der Waals surface area contributed by atoms with Crippen molar-refractivity contribution in [3.8, 4) is 11.3 Å². The quantitative estimate of drug-likeness (QED) is 0.531. The van der Waals surface area contributed by atoms with E-state index in [1.54, 1.807) is 6.07 Å². The molecule has 1 heterocycles. The number of amides is 1. The average Bonchev–Trinajstić information content (AvgIpc) is 2.74. The van der Waals surface area contributed by atoms with Crippen molar-refractivity contribution in [2.75, 3.05) is 25.1 Å². The molecule has 1 aromatic heterocycles. The maximum absolute atomic E-state index is 12.4. The lowest BCUT2D eigenvalue weighted by Gasteiger charge is -2.10. The number of rotatable bonds is 9. The van der Waals surface area contributed by atoms with E-state index in [9.17, 15) is 4.79 Å². The van der Waals surface area contributed by atoms with Gasteiger partial charge >= 0.3 is 0 Å². The van der Waals surface area contributed by atoms with Gasteiger partial charge < -0.3 is 15.4 Å². The highest BCUT2D eigenvalue weighted by Gasteiger charge is 2.08. The molecule has 0 saturated heterocycles. The zero-order valence-corrected chi connectivity index (χ0v) is 16.8. The van der Waals surface area contributed by atoms with E-state index in [4.69, 9.17) is 4.74 Å². The van der Waals surface area contributed by atoms with Gasteiger partial charge in [-0.2, -0.15) is 0 Å². The third-order valence-corrected chi connectivity index (χ3v) is 4.26. The van der Waals surface area contributed by atoms with Crippen molar-refractivity contribution >= 4 is 17.4 Å². The van der Waals surface area contributed by atoms with Crippen LogP contribution in [0.1, 0.15) is 29.5 Å². The molecule has 29 heavy (non-hydrogen) atoms. The predicted molar refractivity (Wildman–Crippen MR) is 115 cm³/mol. The first-order chi connectivity index (χ1) is 14.2. The molecule has 0 atom stereocenters. The molecule has 2 aromatic carbocycles. The molecule has 0 fully saturated rings. The van der Waals surface area contributed by atoms with Gasteiger partial charge in [0.2, 0.25) is 0 Å². The number of aromatic nitrogens is 2. The van der Waals surface area contributed by atoms with Crippen molar-refractivity contribution in [1.82, 2.24) is 15.3 Å². The van der Waals surface area contributed by atoms with Gasteiger partial charge in [-0.1, -0.05) is 36.4 Å². The number of hydrogen-bond donors (Lipinski definition) is 2. The molecule has 0 unspecified atom stereocenters. The molecule has 2 N–H and O–H groups in total. The highest BCUT2D eigenvalue weighted by Crippen LogP contribution is 2.22. The summed E-state index contributed by atoms with van der Waals surface area (Å²) >= 11 is 0. The maximum Gasteiger partial charge on any atom is 0.251 e. The fraction of sp³-hybridized carbons (Fsp3) is 0.261. The van der Waals surface area contributed by atoms with Crippen LogP contribution in [-0.2, 0) is 4.74 Å². The zero-order chi connectivity index (χ0) is 20.5. The van der Waals surface area contributed by atoms with Crippen molar-refractivity contribution in [2.45, 2.75) is 20.3 Å². The van der Waals surface area contributed by atoms with Crippen molar-refractivity contribution < 1.29 is 9.53 Å². The lowest BCUT2D eigenvalue weighted by atomic mass is 10.1. The lowest BCUT2D eigenvalue weighted by Crippen LogP contribution is -2.25. The molecule has 0 aliphatic rings. The van der Waals surface area contributed by atoms with Crippen LogP contribution in [0.4, 0.5) is 11.5 Å². The van der Waals surface area contributed by atoms with Crippen LogP contribution >= 0.6 is 0 Å². The fourth-order valence-corrected chi connectivity index (χ4v) is 2.90. The number of ether oxygens (including phenoxy) is 1. The monoisotopic (exact) mass is 390 g/mol. The van der Waals surface area contributed by atoms with E-state index in [2.05, 4.69) is 20.6 Å². The van der Waals surface area contributed by atoms with Gasteiger partial charge in [0.25, 0.3) is 5.91 Å². The minimum absolute atomic E-state index is 0.103. The largest absolute Gasteiger partial charge is 0.382 e. The third-order valence-electron chi connectivity index (χ3n) is 4.26. The van der Waals surface area contributed by atoms with Crippen LogP contribution in [0.15, 0.2) is 60.7 Å². The highest BCUT2D eigenvalue weighted by molar-refractivity contribution is 5.95. The van der Waals surface area contributed by atoms with Crippen LogP contribution in [-0.4, -0.2) is 35.6 Å². The standard InChI is InChI=1S/C23H26N4O2/c1-3-29-14-8-13-24-23(28)19-11-7-12-20(15-19)27-22-16-21(25-17(2)26-22)18-9-5-4-6-10-18/h4-7,9-12,15-16H,3,8,13-14H2,1-2H3,(H,24,28)(H,25,26,27). The van der Waals surface area contributed by atoms with Gasteiger partial charge in [0, 0.05) is 42.6 Å². The van der Waals surface area contributed by atoms with E-state index in [-0.39, 0.29) is 5.91 Å². The Labute approximate surface area is 171 Å². The normalized spacial score (nSPS) is 10.6. The first-order valence-corrected chi connectivity index (χ1v) is 9.80. The summed E-state index contributed by atoms with van der Waals surface area (Å²) < 4.78 is 5.28. The van der Waals surface area contributed by atoms with Crippen LogP contribution < -0.4 is 10.6 Å². The molecule has 150 valence electrons. The number of carbonyl (C=O) groups is 1. The summed E-state index contributed by atoms with van der Waals surface area (Å²) in [6.07, 6.45) is 0.792. The first-order valence-electron chi connectivity index (χ1n) is 9.80. The Morgan fingerprint density at radius 3 is 2.66 bits per heavy atom. The second kappa shape index (κ2) is 10.3. The van der Waals surface area contributed by atoms with Crippen LogP contribution in [0.25, 0.3) is 11.3 Å². The van der Waals surface area contributed by atoms with Crippen LogP contribution in [0.2, 0.25) is 0 Å². The Morgan fingerprint density at radius 1 is 1.03 bits per heavy atom. The fourth-order valence-electron chi connectivity index (χ4n) is 2.90. The van der Waals surface area contributed by atoms with Gasteiger partial charge in [0.15, 0.2) is 0 Å². The molecule has 0 bridgehead atoms. The molecule has 3 aromatic rings. The van der Waals surface area contributed by atoms with Crippen LogP contribution in [0, 0.1) is 6.92 Å². The summed E-state index contributed by atoms with van der Waals surface area (Å²) in [5, 5.41) is 6.20. The highest BCUT2D eigenvalue weighted by atomic mass is 16.5. The molecule has 3 rings (SSSR count). The van der Waals surface area contributed by atoms with Crippen LogP contribution in [0.3, 0.4) is 0 Å². The molecule has 6 heteroatoms. The molecule has 1 amide bonds. The minimum Gasteiger partial charge on any atom is -0.382 e. The molecule has 0 spiro atoms. The van der Waals surface area contributed by atoms with Gasteiger partial charge in [-0.05, 0) is 38.5 Å². The molecule has 6 nitrogen and oxygen atoms in total. The van der Waals surface area contributed by atoms with E-state index in [1.165, 1.54) is 0 Å². The predicted octanol–water partition coefficient (Wildman–Crippen LogP) is 4.35. The van der Waals surface area contributed by atoms with Gasteiger partial charge in [-0.15, -0.1) is 0 Å². The Bertz CT molecular complexity index is 945. The zero-order valence-electron chi connectivity index (χ0n) is 16.8. The van der Waals surface area contributed by atoms with Crippen molar-refractivity contribution in [3.63, 3.8) is 0 Å². The van der Waals surface area contributed by atoms with Gasteiger partial charge in [0.1, 0.15) is 11.6 Å². The van der Waals surface area contributed by atoms with Gasteiger partial charge in [-0.25, -0.2) is 9.97 Å². The number of hydrogen-bond acceptors (Lipinski definition) is 5. The number of carbonyl (C=O) groups excluding carboxylic acids is 1. The summed E-state index contributed by atoms with van der Waals surface area (Å²) in [5.74, 6) is 1.26. The summed E-state index contributed by atoms with van der Waals surface area (Å²) in [6, 6.07) is 19.2. The van der Waals surface area contributed by atoms with E-state index < -0.39 is 0 Å². The van der Waals surface area contributed by atoms with E-state index in [1.807, 2.05) is 68.4 Å². The second-order valence-corrected chi connectivity index (χ2v) is 6.56. The number of anilines is 2. The SMILES string of the molecule is CCOCCCNC(=O)c1cccc(Nc2cc(-c3ccccc3)nc(C)n2)c1. The van der Waals surface area contributed by atoms with Gasteiger partial charge in [-0.3, -0.25) is 4.79 Å². The number of aryl methyl sites for hydroxylation is 1. The molecular formula is C23H26N4O2. The second-order valence-electron chi connectivity index (χ2n) is 6.56. The topological polar surface area (TPSA) is 76.1 Å². The summed E-state index contributed by atoms with van der Waals surface area (Å²) in [5.41, 5.74) is 3.27. The summed E-state index contributed by atoms with van der Waals surface area (Å²) in [4.78, 5) is 21.4. The molecular weight excluding hydrogens is 364 g/mol. The Hall–Kier alpha value is -3.25. The molecule has 0 saturated carbocycles. The Balaban J connectivity index is 1.69. The minimum atomic E-state index is -0.103. The summed E-state index contributed by atoms with van der Waals surface area (Å²) in [6.45, 7) is 5.75. The summed E-state index contributed by atoms with van der Waals surface area (Å²) in [7, 11) is 0. The third kappa shape index (κ3) is 6.12. The Kier molecular flexibility index (Phi) is 7.30. The number of nitrogens with zero attached hydrogens (tertiary/aromatic N) is 2. The average molecular weight is 390 g/mol. The number of nitrogens with one attached hydrogen (secondary N) is 2. The maximum atomic E-state index is 12.4. The van der Waals surface area contributed by atoms with Crippen LogP contribution in [0.5, 0.6) is 0 Å². The number of benzene rings is 2. The van der Waals surface area contributed by atoms with Gasteiger partial charge in [0.05, 0.1) is 5.69 Å². The lowest BCUT2D eigenvalue weighted by molar-refractivity contribution is 0.0944. The van der Waals surface area contributed by atoms with E-state index in [0.717, 1.165) is 23.4 Å². The molecule has 0 aliphatic carbocycles. The first kappa shape index (κ1) is 20.5. The van der Waals surface area contributed by atoms with E-state index >= 15 is 0 Å². The smallest absolute Gasteiger partial charge is 0.251 e. The van der Waals surface area contributed by atoms with Crippen molar-refractivity contribution in [1.29, 1.82) is 0 Å². The molecule has 0 aliphatic heterocycles. The van der Waals surface area contributed by atoms with Crippen molar-refractivity contribution in [2.24, 2.45) is 0 Å². The van der Waals surface area contributed by atoms with E-state index in [0.29, 0.717) is 37.0 Å². The Morgan fingerprint density at radius 2 is 1.86 bits per heavy atom. The van der Waals surface area contributed by atoms with Crippen molar-refractivity contribution in [3.05, 3.63) is 72.1 Å².